The Morgan fingerprint density at radius 1 is 1.14 bits per heavy atom. The molecule has 0 radical (unpaired) electrons. The Kier molecular flexibility index (Phi) is 6.03. The van der Waals surface area contributed by atoms with E-state index < -0.39 is 0 Å². The number of hydrogen-bond acceptors (Lipinski definition) is 5. The standard InChI is InChI=1S/C21H26N4O3/c1-14(2)28-21(27)23-16-11-12-25(13-16)17-9-7-15(8-10-17)20(26)24-19-6-4-3-5-18(19)22/h3-10,14,16H,11-13,22H2,1-2H3,(H,23,27)(H,24,26)/t16-/m0/s1. The second-order valence-electron chi connectivity index (χ2n) is 7.12. The predicted octanol–water partition coefficient (Wildman–Crippen LogP) is 3.23. The number of hydrogen-bond donors (Lipinski definition) is 3. The van der Waals surface area contributed by atoms with Gasteiger partial charge in [-0.15, -0.1) is 0 Å². The Morgan fingerprint density at radius 2 is 1.86 bits per heavy atom. The molecule has 0 saturated carbocycles. The van der Waals surface area contributed by atoms with Gasteiger partial charge in [0.2, 0.25) is 0 Å². The molecule has 3 rings (SSSR count). The first kappa shape index (κ1) is 19.5. The molecule has 2 aromatic rings. The normalized spacial score (nSPS) is 16.1. The van der Waals surface area contributed by atoms with Gasteiger partial charge in [-0.3, -0.25) is 4.79 Å². The molecule has 0 spiro atoms. The summed E-state index contributed by atoms with van der Waals surface area (Å²) < 4.78 is 5.13. The van der Waals surface area contributed by atoms with Crippen molar-refractivity contribution in [2.45, 2.75) is 32.4 Å². The number of amides is 2. The van der Waals surface area contributed by atoms with Crippen molar-refractivity contribution in [2.75, 3.05) is 29.0 Å². The molecule has 1 aliphatic heterocycles. The zero-order valence-corrected chi connectivity index (χ0v) is 16.1. The lowest BCUT2D eigenvalue weighted by Crippen LogP contribution is -2.38. The first-order valence-electron chi connectivity index (χ1n) is 9.40. The number of nitrogens with two attached hydrogens (primary N) is 1. The summed E-state index contributed by atoms with van der Waals surface area (Å²) in [5, 5.41) is 5.71. The number of ether oxygens (including phenoxy) is 1. The molecule has 148 valence electrons. The van der Waals surface area contributed by atoms with Crippen molar-refractivity contribution in [1.29, 1.82) is 0 Å². The summed E-state index contributed by atoms with van der Waals surface area (Å²) in [4.78, 5) is 26.3. The number of anilines is 3. The number of nitrogens with zero attached hydrogens (tertiary/aromatic N) is 1. The molecule has 2 aromatic carbocycles. The van der Waals surface area contributed by atoms with Gasteiger partial charge in [0, 0.05) is 24.3 Å². The average molecular weight is 382 g/mol. The molecule has 28 heavy (non-hydrogen) atoms. The van der Waals surface area contributed by atoms with Crippen molar-refractivity contribution in [3.8, 4) is 0 Å². The van der Waals surface area contributed by atoms with Crippen LogP contribution in [-0.2, 0) is 4.74 Å². The Morgan fingerprint density at radius 3 is 2.54 bits per heavy atom. The van der Waals surface area contributed by atoms with Gasteiger partial charge < -0.3 is 26.0 Å². The van der Waals surface area contributed by atoms with Crippen molar-refractivity contribution in [3.05, 3.63) is 54.1 Å². The van der Waals surface area contributed by atoms with Crippen LogP contribution in [0.1, 0.15) is 30.6 Å². The lowest BCUT2D eigenvalue weighted by Gasteiger charge is -2.19. The van der Waals surface area contributed by atoms with Crippen molar-refractivity contribution in [1.82, 2.24) is 5.32 Å². The lowest BCUT2D eigenvalue weighted by atomic mass is 10.1. The zero-order chi connectivity index (χ0) is 20.1. The number of benzene rings is 2. The van der Waals surface area contributed by atoms with E-state index in [1.54, 1.807) is 24.3 Å². The van der Waals surface area contributed by atoms with Gasteiger partial charge in [-0.25, -0.2) is 4.79 Å². The van der Waals surface area contributed by atoms with Crippen LogP contribution >= 0.6 is 0 Å². The molecule has 1 atom stereocenters. The SMILES string of the molecule is CC(C)OC(=O)N[C@H]1CCN(c2ccc(C(=O)Nc3ccccc3N)cc2)C1. The van der Waals surface area contributed by atoms with Gasteiger partial charge >= 0.3 is 6.09 Å². The fourth-order valence-corrected chi connectivity index (χ4v) is 3.16. The number of nitrogen functional groups attached to an aromatic ring is 1. The summed E-state index contributed by atoms with van der Waals surface area (Å²) in [6.45, 7) is 5.19. The quantitative estimate of drug-likeness (QED) is 0.690. The van der Waals surface area contributed by atoms with Crippen LogP contribution in [0.2, 0.25) is 0 Å². The molecule has 1 heterocycles. The minimum absolute atomic E-state index is 0.0512. The van der Waals surface area contributed by atoms with E-state index in [1.807, 2.05) is 38.1 Å². The second-order valence-corrected chi connectivity index (χ2v) is 7.12. The number of alkyl carbamates (subject to hydrolysis) is 1. The summed E-state index contributed by atoms with van der Waals surface area (Å²) in [5.74, 6) is -0.207. The van der Waals surface area contributed by atoms with E-state index in [1.165, 1.54) is 0 Å². The highest BCUT2D eigenvalue weighted by atomic mass is 16.6. The molecule has 4 N–H and O–H groups in total. The van der Waals surface area contributed by atoms with Crippen LogP contribution in [0.15, 0.2) is 48.5 Å². The molecule has 7 nitrogen and oxygen atoms in total. The highest BCUT2D eigenvalue weighted by Gasteiger charge is 2.25. The van der Waals surface area contributed by atoms with Crippen LogP contribution in [0.25, 0.3) is 0 Å². The Bertz CT molecular complexity index is 836. The molecule has 7 heteroatoms. The van der Waals surface area contributed by atoms with Crippen LogP contribution in [0, 0.1) is 0 Å². The van der Waals surface area contributed by atoms with E-state index in [-0.39, 0.29) is 24.1 Å². The second kappa shape index (κ2) is 8.65. The zero-order valence-electron chi connectivity index (χ0n) is 16.1. The molecule has 2 amide bonds. The molecule has 0 bridgehead atoms. The molecule has 1 fully saturated rings. The summed E-state index contributed by atoms with van der Waals surface area (Å²) in [5.41, 5.74) is 8.56. The molecule has 0 aliphatic carbocycles. The van der Waals surface area contributed by atoms with Gasteiger partial charge in [0.05, 0.1) is 23.5 Å². The van der Waals surface area contributed by atoms with E-state index in [4.69, 9.17) is 10.5 Å². The summed E-state index contributed by atoms with van der Waals surface area (Å²) in [7, 11) is 0. The van der Waals surface area contributed by atoms with Crippen LogP contribution < -0.4 is 21.3 Å². The fourth-order valence-electron chi connectivity index (χ4n) is 3.16. The van der Waals surface area contributed by atoms with Crippen molar-refractivity contribution < 1.29 is 14.3 Å². The van der Waals surface area contributed by atoms with E-state index >= 15 is 0 Å². The van der Waals surface area contributed by atoms with E-state index in [9.17, 15) is 9.59 Å². The maximum absolute atomic E-state index is 12.4. The van der Waals surface area contributed by atoms with Crippen molar-refractivity contribution >= 4 is 29.1 Å². The number of carbonyl (C=O) groups is 2. The van der Waals surface area contributed by atoms with E-state index in [0.717, 1.165) is 18.7 Å². The average Bonchev–Trinajstić information content (AvgIpc) is 3.11. The topological polar surface area (TPSA) is 96.7 Å². The lowest BCUT2D eigenvalue weighted by molar-refractivity contribution is 0.102. The minimum atomic E-state index is -0.381. The third kappa shape index (κ3) is 4.94. The third-order valence-electron chi connectivity index (χ3n) is 4.56. The van der Waals surface area contributed by atoms with Gasteiger partial charge in [-0.1, -0.05) is 12.1 Å². The summed E-state index contributed by atoms with van der Waals surface area (Å²) in [6, 6.07) is 14.6. The van der Waals surface area contributed by atoms with Crippen LogP contribution in [0.5, 0.6) is 0 Å². The van der Waals surface area contributed by atoms with Crippen molar-refractivity contribution in [3.63, 3.8) is 0 Å². The number of nitrogens with one attached hydrogen (secondary N) is 2. The number of carbonyl (C=O) groups excluding carboxylic acids is 2. The summed E-state index contributed by atoms with van der Waals surface area (Å²) >= 11 is 0. The highest BCUT2D eigenvalue weighted by molar-refractivity contribution is 6.05. The van der Waals surface area contributed by atoms with Crippen molar-refractivity contribution in [2.24, 2.45) is 0 Å². The van der Waals surface area contributed by atoms with Gasteiger partial charge in [-0.05, 0) is 56.7 Å². The Balaban J connectivity index is 1.56. The molecular formula is C21H26N4O3. The molecular weight excluding hydrogens is 356 g/mol. The maximum atomic E-state index is 12.4. The van der Waals surface area contributed by atoms with E-state index in [0.29, 0.717) is 23.5 Å². The monoisotopic (exact) mass is 382 g/mol. The van der Waals surface area contributed by atoms with E-state index in [2.05, 4.69) is 15.5 Å². The summed E-state index contributed by atoms with van der Waals surface area (Å²) in [6.07, 6.45) is 0.333. The molecule has 0 aromatic heterocycles. The molecule has 1 aliphatic rings. The van der Waals surface area contributed by atoms with Crippen LogP contribution in [0.3, 0.4) is 0 Å². The molecule has 1 saturated heterocycles. The smallest absolute Gasteiger partial charge is 0.407 e. The first-order chi connectivity index (χ1) is 13.4. The Hall–Kier alpha value is -3.22. The predicted molar refractivity (Wildman–Crippen MR) is 111 cm³/mol. The van der Waals surface area contributed by atoms with Crippen LogP contribution in [0.4, 0.5) is 21.9 Å². The fraction of sp³-hybridized carbons (Fsp3) is 0.333. The first-order valence-corrected chi connectivity index (χ1v) is 9.40. The molecule has 0 unspecified atom stereocenters. The van der Waals surface area contributed by atoms with Gasteiger partial charge in [0.25, 0.3) is 5.91 Å². The maximum Gasteiger partial charge on any atom is 0.407 e. The number of rotatable bonds is 5. The number of para-hydroxylation sites is 2. The van der Waals surface area contributed by atoms with Gasteiger partial charge in [0.1, 0.15) is 0 Å². The van der Waals surface area contributed by atoms with Crippen LogP contribution in [-0.4, -0.2) is 37.2 Å². The van der Waals surface area contributed by atoms with Gasteiger partial charge in [0.15, 0.2) is 0 Å². The Labute approximate surface area is 164 Å². The minimum Gasteiger partial charge on any atom is -0.447 e. The largest absolute Gasteiger partial charge is 0.447 e. The highest BCUT2D eigenvalue weighted by Crippen LogP contribution is 2.22. The third-order valence-corrected chi connectivity index (χ3v) is 4.56. The van der Waals surface area contributed by atoms with Gasteiger partial charge in [-0.2, -0.15) is 0 Å².